The smallest absolute Gasteiger partial charge is 0.226 e. The van der Waals surface area contributed by atoms with Gasteiger partial charge in [0.2, 0.25) is 5.91 Å². The molecule has 0 aromatic heterocycles. The van der Waals surface area contributed by atoms with Gasteiger partial charge in [-0.05, 0) is 19.3 Å². The molecule has 0 aromatic rings. The largest absolute Gasteiger partial charge is 0.343 e. The molecule has 0 rings (SSSR count). The number of nitrogens with zero attached hydrogens (tertiary/aromatic N) is 1. The fourth-order valence-corrected chi connectivity index (χ4v) is 1.38. The minimum absolute atomic E-state index is 0.0128. The third-order valence-electron chi connectivity index (χ3n) is 3.05. The summed E-state index contributed by atoms with van der Waals surface area (Å²) < 4.78 is 0. The fourth-order valence-electron chi connectivity index (χ4n) is 1.38. The average Bonchev–Trinajstić information content (AvgIpc) is 2.17. The first-order valence-electron chi connectivity index (χ1n) is 5.42. The molecule has 3 heteroatoms. The van der Waals surface area contributed by atoms with Gasteiger partial charge in [0.1, 0.15) is 0 Å². The van der Waals surface area contributed by atoms with Crippen molar-refractivity contribution in [1.29, 1.82) is 0 Å². The van der Waals surface area contributed by atoms with Crippen LogP contribution in [0, 0.1) is 11.8 Å². The van der Waals surface area contributed by atoms with Crippen molar-refractivity contribution in [2.24, 2.45) is 17.6 Å². The number of hydrogen-bond acceptors (Lipinski definition) is 2. The fraction of sp³-hybridized carbons (Fsp3) is 0.909. The predicted molar refractivity (Wildman–Crippen MR) is 59.9 cm³/mol. The van der Waals surface area contributed by atoms with E-state index in [1.165, 1.54) is 0 Å². The van der Waals surface area contributed by atoms with Crippen LogP contribution in [0.3, 0.4) is 0 Å². The summed E-state index contributed by atoms with van der Waals surface area (Å²) in [4.78, 5) is 13.7. The lowest BCUT2D eigenvalue weighted by atomic mass is 10.0. The Kier molecular flexibility index (Phi) is 5.77. The maximum absolute atomic E-state index is 11.9. The zero-order valence-corrected chi connectivity index (χ0v) is 10.1. The van der Waals surface area contributed by atoms with Crippen LogP contribution < -0.4 is 5.73 Å². The zero-order valence-electron chi connectivity index (χ0n) is 10.1. The first kappa shape index (κ1) is 13.4. The maximum Gasteiger partial charge on any atom is 0.226 e. The Morgan fingerprint density at radius 2 is 1.86 bits per heavy atom. The van der Waals surface area contributed by atoms with Gasteiger partial charge < -0.3 is 10.6 Å². The van der Waals surface area contributed by atoms with Crippen LogP contribution >= 0.6 is 0 Å². The summed E-state index contributed by atoms with van der Waals surface area (Å²) in [6.07, 6.45) is 0.824. The van der Waals surface area contributed by atoms with Gasteiger partial charge >= 0.3 is 0 Å². The van der Waals surface area contributed by atoms with Gasteiger partial charge in [0, 0.05) is 19.6 Å². The first-order chi connectivity index (χ1) is 6.45. The molecule has 3 nitrogen and oxygen atoms in total. The van der Waals surface area contributed by atoms with E-state index in [4.69, 9.17) is 5.73 Å². The molecule has 0 aliphatic rings. The molecule has 0 saturated carbocycles. The molecular formula is C11H24N2O. The van der Waals surface area contributed by atoms with Crippen molar-refractivity contribution >= 4 is 5.91 Å². The normalized spacial score (nSPS) is 15.4. The topological polar surface area (TPSA) is 46.3 Å². The molecule has 0 heterocycles. The van der Waals surface area contributed by atoms with Crippen LogP contribution in [0.1, 0.15) is 34.1 Å². The summed E-state index contributed by atoms with van der Waals surface area (Å²) in [6.45, 7) is 8.77. The SMILES string of the molecule is CCC(CN)C(=O)N(C)C(C)C(C)C. The second-order valence-corrected chi connectivity index (χ2v) is 4.27. The molecule has 1 amide bonds. The van der Waals surface area contributed by atoms with Gasteiger partial charge in [-0.25, -0.2) is 0 Å². The van der Waals surface area contributed by atoms with Crippen molar-refractivity contribution < 1.29 is 4.79 Å². The number of hydrogen-bond donors (Lipinski definition) is 1. The van der Waals surface area contributed by atoms with Crippen LogP contribution in [0.25, 0.3) is 0 Å². The van der Waals surface area contributed by atoms with Gasteiger partial charge in [0.05, 0.1) is 5.92 Å². The highest BCUT2D eigenvalue weighted by Crippen LogP contribution is 2.13. The van der Waals surface area contributed by atoms with Gasteiger partial charge in [0.25, 0.3) is 0 Å². The molecule has 0 bridgehead atoms. The molecule has 84 valence electrons. The van der Waals surface area contributed by atoms with Crippen molar-refractivity contribution in [3.05, 3.63) is 0 Å². The summed E-state index contributed by atoms with van der Waals surface area (Å²) in [5.74, 6) is 0.650. The number of carbonyl (C=O) groups is 1. The van der Waals surface area contributed by atoms with Crippen LogP contribution in [0.15, 0.2) is 0 Å². The van der Waals surface area contributed by atoms with E-state index in [1.807, 2.05) is 18.9 Å². The Morgan fingerprint density at radius 3 is 2.14 bits per heavy atom. The number of amides is 1. The second kappa shape index (κ2) is 6.02. The standard InChI is InChI=1S/C11H24N2O/c1-6-10(7-12)11(14)13(5)9(4)8(2)3/h8-10H,6-7,12H2,1-5H3. The quantitative estimate of drug-likeness (QED) is 0.730. The molecule has 0 spiro atoms. The lowest BCUT2D eigenvalue weighted by Gasteiger charge is -2.30. The van der Waals surface area contributed by atoms with E-state index in [9.17, 15) is 4.79 Å². The molecule has 0 aliphatic carbocycles. The van der Waals surface area contributed by atoms with Crippen molar-refractivity contribution in [1.82, 2.24) is 4.90 Å². The van der Waals surface area contributed by atoms with Gasteiger partial charge in [-0.1, -0.05) is 20.8 Å². The molecule has 14 heavy (non-hydrogen) atoms. The van der Waals surface area contributed by atoms with E-state index in [2.05, 4.69) is 20.8 Å². The summed E-state index contributed by atoms with van der Waals surface area (Å²) in [5.41, 5.74) is 5.55. The van der Waals surface area contributed by atoms with E-state index in [0.29, 0.717) is 12.5 Å². The third kappa shape index (κ3) is 3.29. The molecule has 0 aromatic carbocycles. The van der Waals surface area contributed by atoms with Crippen molar-refractivity contribution in [3.63, 3.8) is 0 Å². The summed E-state index contributed by atoms with van der Waals surface area (Å²) in [6, 6.07) is 0.281. The molecule has 0 radical (unpaired) electrons. The minimum Gasteiger partial charge on any atom is -0.343 e. The molecule has 2 atom stereocenters. The van der Waals surface area contributed by atoms with Crippen LogP contribution in [-0.2, 0) is 4.79 Å². The highest BCUT2D eigenvalue weighted by Gasteiger charge is 2.23. The Labute approximate surface area is 87.6 Å². The lowest BCUT2D eigenvalue weighted by Crippen LogP contribution is -2.43. The minimum atomic E-state index is -0.0128. The molecule has 0 aliphatic heterocycles. The average molecular weight is 200 g/mol. The van der Waals surface area contributed by atoms with Crippen molar-refractivity contribution in [3.8, 4) is 0 Å². The van der Waals surface area contributed by atoms with E-state index in [0.717, 1.165) is 6.42 Å². The van der Waals surface area contributed by atoms with Crippen LogP contribution in [0.2, 0.25) is 0 Å². The molecule has 2 N–H and O–H groups in total. The zero-order chi connectivity index (χ0) is 11.3. The Hall–Kier alpha value is -0.570. The predicted octanol–water partition coefficient (Wildman–Crippen LogP) is 1.47. The third-order valence-corrected chi connectivity index (χ3v) is 3.05. The van der Waals surface area contributed by atoms with Gasteiger partial charge in [-0.15, -0.1) is 0 Å². The van der Waals surface area contributed by atoms with Crippen molar-refractivity contribution in [2.45, 2.75) is 40.2 Å². The highest BCUT2D eigenvalue weighted by molar-refractivity contribution is 5.79. The van der Waals surface area contributed by atoms with E-state index in [-0.39, 0.29) is 17.9 Å². The van der Waals surface area contributed by atoms with Gasteiger partial charge in [0.15, 0.2) is 0 Å². The second-order valence-electron chi connectivity index (χ2n) is 4.27. The summed E-state index contributed by atoms with van der Waals surface area (Å²) >= 11 is 0. The number of carbonyl (C=O) groups excluding carboxylic acids is 1. The lowest BCUT2D eigenvalue weighted by molar-refractivity contribution is -0.136. The van der Waals surface area contributed by atoms with E-state index < -0.39 is 0 Å². The summed E-state index contributed by atoms with van der Waals surface area (Å²) in [7, 11) is 1.87. The van der Waals surface area contributed by atoms with E-state index in [1.54, 1.807) is 0 Å². The van der Waals surface area contributed by atoms with Gasteiger partial charge in [-0.3, -0.25) is 4.79 Å². The maximum atomic E-state index is 11.9. The monoisotopic (exact) mass is 200 g/mol. The Morgan fingerprint density at radius 1 is 1.36 bits per heavy atom. The first-order valence-corrected chi connectivity index (χ1v) is 5.42. The Bertz CT molecular complexity index is 176. The molecule has 0 saturated heterocycles. The van der Waals surface area contributed by atoms with E-state index >= 15 is 0 Å². The highest BCUT2D eigenvalue weighted by atomic mass is 16.2. The van der Waals surface area contributed by atoms with Crippen LogP contribution in [0.4, 0.5) is 0 Å². The van der Waals surface area contributed by atoms with Crippen molar-refractivity contribution in [2.75, 3.05) is 13.6 Å². The Balaban J connectivity index is 4.36. The number of nitrogens with two attached hydrogens (primary N) is 1. The molecular weight excluding hydrogens is 176 g/mol. The molecule has 2 unspecified atom stereocenters. The van der Waals surface area contributed by atoms with Crippen LogP contribution in [0.5, 0.6) is 0 Å². The van der Waals surface area contributed by atoms with Gasteiger partial charge in [-0.2, -0.15) is 0 Å². The number of rotatable bonds is 5. The van der Waals surface area contributed by atoms with Crippen LogP contribution in [-0.4, -0.2) is 30.4 Å². The summed E-state index contributed by atoms with van der Waals surface area (Å²) in [5, 5.41) is 0. The molecule has 0 fully saturated rings.